The van der Waals surface area contributed by atoms with Crippen molar-refractivity contribution in [2.24, 2.45) is 0 Å². The van der Waals surface area contributed by atoms with Crippen LogP contribution in [0.5, 0.6) is 5.75 Å². The van der Waals surface area contributed by atoms with E-state index in [2.05, 4.69) is 5.32 Å². The molecule has 2 heterocycles. The largest absolute Gasteiger partial charge is 0.502 e. The van der Waals surface area contributed by atoms with Gasteiger partial charge in [-0.2, -0.15) is 0 Å². The summed E-state index contributed by atoms with van der Waals surface area (Å²) in [6, 6.07) is 9.27. The molecule has 1 aromatic heterocycles. The normalized spacial score (nSPS) is 13.5. The maximum Gasteiger partial charge on any atom is 0.277 e. The molecule has 0 saturated heterocycles. The number of fused-ring (bicyclic) bond motifs is 1. The van der Waals surface area contributed by atoms with Crippen LogP contribution in [0.3, 0.4) is 0 Å². The Balaban J connectivity index is 1.96. The van der Waals surface area contributed by atoms with Gasteiger partial charge in [0.05, 0.1) is 0 Å². The average molecular weight is 356 g/mol. The number of aromatic nitrogens is 1. The summed E-state index contributed by atoms with van der Waals surface area (Å²) in [7, 11) is 1.58. The van der Waals surface area contributed by atoms with Gasteiger partial charge in [0.15, 0.2) is 11.4 Å². The zero-order chi connectivity index (χ0) is 18.8. The van der Waals surface area contributed by atoms with Gasteiger partial charge >= 0.3 is 0 Å². The lowest BCUT2D eigenvalue weighted by Gasteiger charge is -2.37. The van der Waals surface area contributed by atoms with Crippen LogP contribution in [-0.2, 0) is 6.54 Å². The number of amides is 2. The van der Waals surface area contributed by atoms with Gasteiger partial charge in [0.25, 0.3) is 11.8 Å². The number of benzene rings is 1. The predicted octanol–water partition coefficient (Wildman–Crippen LogP) is 0.485. The third kappa shape index (κ3) is 3.01. The van der Waals surface area contributed by atoms with Crippen molar-refractivity contribution in [3.63, 3.8) is 0 Å². The van der Waals surface area contributed by atoms with Gasteiger partial charge in [-0.3, -0.25) is 24.1 Å². The van der Waals surface area contributed by atoms with Crippen molar-refractivity contribution in [1.82, 2.24) is 14.9 Å². The molecule has 1 aromatic carbocycles. The highest BCUT2D eigenvalue weighted by molar-refractivity contribution is 5.99. The second-order valence-corrected chi connectivity index (χ2v) is 6.05. The van der Waals surface area contributed by atoms with Crippen LogP contribution in [0.1, 0.15) is 33.3 Å². The number of hydrogen-bond donors (Lipinski definition) is 2. The van der Waals surface area contributed by atoms with E-state index in [0.29, 0.717) is 6.54 Å². The molecular formula is C18H20N4O4. The summed E-state index contributed by atoms with van der Waals surface area (Å²) in [4.78, 5) is 38.6. The number of aromatic hydroxyl groups is 1. The molecule has 0 bridgehead atoms. The van der Waals surface area contributed by atoms with E-state index < -0.39 is 23.0 Å². The summed E-state index contributed by atoms with van der Waals surface area (Å²) in [5.41, 5.74) is -0.320. The van der Waals surface area contributed by atoms with Gasteiger partial charge in [-0.1, -0.05) is 30.3 Å². The predicted molar refractivity (Wildman–Crippen MR) is 95.7 cm³/mol. The molecule has 8 heteroatoms. The van der Waals surface area contributed by atoms with Crippen LogP contribution >= 0.6 is 0 Å². The SMILES string of the molecule is CCN1CN(C)C(=O)c2c(O)c(=O)c(C(=O)NCc3ccccc3)cn21. The van der Waals surface area contributed by atoms with Gasteiger partial charge in [-0.05, 0) is 12.5 Å². The van der Waals surface area contributed by atoms with Crippen molar-refractivity contribution < 1.29 is 14.7 Å². The third-order valence-electron chi connectivity index (χ3n) is 4.30. The zero-order valence-corrected chi connectivity index (χ0v) is 14.6. The fourth-order valence-electron chi connectivity index (χ4n) is 2.86. The molecule has 3 rings (SSSR count). The Labute approximate surface area is 150 Å². The summed E-state index contributed by atoms with van der Waals surface area (Å²) in [6.07, 6.45) is 1.31. The first kappa shape index (κ1) is 17.5. The molecule has 2 N–H and O–H groups in total. The Kier molecular flexibility index (Phi) is 4.66. The van der Waals surface area contributed by atoms with Crippen LogP contribution in [-0.4, -0.2) is 46.8 Å². The van der Waals surface area contributed by atoms with Crippen molar-refractivity contribution in [3.8, 4) is 5.75 Å². The number of nitrogens with zero attached hydrogens (tertiary/aromatic N) is 3. The Hall–Kier alpha value is -3.29. The minimum absolute atomic E-state index is 0.134. The van der Waals surface area contributed by atoms with Gasteiger partial charge in [0, 0.05) is 26.3 Å². The monoisotopic (exact) mass is 356 g/mol. The van der Waals surface area contributed by atoms with E-state index in [1.165, 1.54) is 15.8 Å². The third-order valence-corrected chi connectivity index (χ3v) is 4.30. The quantitative estimate of drug-likeness (QED) is 0.831. The molecule has 1 aliphatic rings. The molecule has 0 unspecified atom stereocenters. The lowest BCUT2D eigenvalue weighted by molar-refractivity contribution is 0.0732. The standard InChI is InChI=1S/C18H20N4O4/c1-3-21-11-20(2)18(26)14-16(24)15(23)13(10-22(14)21)17(25)19-9-12-7-5-4-6-8-12/h4-8,10,24H,3,9,11H2,1-2H3,(H,19,25). The highest BCUT2D eigenvalue weighted by Gasteiger charge is 2.32. The molecule has 0 atom stereocenters. The molecule has 0 spiro atoms. The van der Waals surface area contributed by atoms with E-state index in [0.717, 1.165) is 5.56 Å². The molecule has 2 aromatic rings. The Morgan fingerprint density at radius 1 is 1.23 bits per heavy atom. The van der Waals surface area contributed by atoms with Crippen LogP contribution in [0.4, 0.5) is 0 Å². The minimum Gasteiger partial charge on any atom is -0.502 e. The van der Waals surface area contributed by atoms with E-state index in [-0.39, 0.29) is 24.5 Å². The molecule has 0 radical (unpaired) electrons. The highest BCUT2D eigenvalue weighted by Crippen LogP contribution is 2.20. The van der Waals surface area contributed by atoms with Crippen LogP contribution in [0, 0.1) is 0 Å². The molecule has 26 heavy (non-hydrogen) atoms. The topological polar surface area (TPSA) is 94.9 Å². The first-order valence-electron chi connectivity index (χ1n) is 8.25. The maximum atomic E-state index is 12.5. The highest BCUT2D eigenvalue weighted by atomic mass is 16.3. The lowest BCUT2D eigenvalue weighted by Crippen LogP contribution is -2.53. The molecule has 8 nitrogen and oxygen atoms in total. The van der Waals surface area contributed by atoms with Crippen molar-refractivity contribution >= 4 is 11.8 Å². The molecular weight excluding hydrogens is 336 g/mol. The fourth-order valence-corrected chi connectivity index (χ4v) is 2.86. The number of nitrogens with one attached hydrogen (secondary N) is 1. The first-order chi connectivity index (χ1) is 12.4. The minimum atomic E-state index is -0.860. The summed E-state index contributed by atoms with van der Waals surface area (Å²) in [5, 5.41) is 14.7. The molecule has 136 valence electrons. The number of carbonyl (C=O) groups is 2. The summed E-state index contributed by atoms with van der Waals surface area (Å²) >= 11 is 0. The number of pyridine rings is 1. The summed E-state index contributed by atoms with van der Waals surface area (Å²) < 4.78 is 1.39. The van der Waals surface area contributed by atoms with Crippen LogP contribution < -0.4 is 15.8 Å². The van der Waals surface area contributed by atoms with Crippen molar-refractivity contribution in [1.29, 1.82) is 0 Å². The number of rotatable bonds is 4. The summed E-state index contributed by atoms with van der Waals surface area (Å²) in [5.74, 6) is -1.79. The molecule has 2 amide bonds. The van der Waals surface area contributed by atoms with E-state index >= 15 is 0 Å². The van der Waals surface area contributed by atoms with Crippen LogP contribution in [0.25, 0.3) is 0 Å². The first-order valence-corrected chi connectivity index (χ1v) is 8.25. The molecule has 0 aliphatic carbocycles. The van der Waals surface area contributed by atoms with E-state index in [9.17, 15) is 19.5 Å². The molecule has 1 aliphatic heterocycles. The fraction of sp³-hybridized carbons (Fsp3) is 0.278. The Bertz CT molecular complexity index is 907. The van der Waals surface area contributed by atoms with Gasteiger partial charge in [-0.15, -0.1) is 0 Å². The summed E-state index contributed by atoms with van der Waals surface area (Å²) in [6.45, 7) is 2.94. The molecule has 0 saturated carbocycles. The van der Waals surface area contributed by atoms with E-state index in [4.69, 9.17) is 0 Å². The van der Waals surface area contributed by atoms with E-state index in [1.54, 1.807) is 12.1 Å². The number of hydrogen-bond acceptors (Lipinski definition) is 5. The van der Waals surface area contributed by atoms with Gasteiger partial charge in [0.2, 0.25) is 5.43 Å². The van der Waals surface area contributed by atoms with Crippen LogP contribution in [0.2, 0.25) is 0 Å². The van der Waals surface area contributed by atoms with E-state index in [1.807, 2.05) is 37.3 Å². The Morgan fingerprint density at radius 2 is 1.92 bits per heavy atom. The average Bonchev–Trinajstić information content (AvgIpc) is 2.65. The molecule has 0 fully saturated rings. The van der Waals surface area contributed by atoms with Crippen molar-refractivity contribution in [3.05, 3.63) is 63.6 Å². The Morgan fingerprint density at radius 3 is 2.58 bits per heavy atom. The smallest absolute Gasteiger partial charge is 0.277 e. The maximum absolute atomic E-state index is 12.5. The van der Waals surface area contributed by atoms with Crippen LogP contribution in [0.15, 0.2) is 41.3 Å². The van der Waals surface area contributed by atoms with Crippen molar-refractivity contribution in [2.45, 2.75) is 13.5 Å². The van der Waals surface area contributed by atoms with Gasteiger partial charge < -0.3 is 15.3 Å². The zero-order valence-electron chi connectivity index (χ0n) is 14.6. The van der Waals surface area contributed by atoms with Crippen molar-refractivity contribution in [2.75, 3.05) is 25.3 Å². The van der Waals surface area contributed by atoms with Gasteiger partial charge in [-0.25, -0.2) is 0 Å². The lowest BCUT2D eigenvalue weighted by atomic mass is 10.1. The second-order valence-electron chi connectivity index (χ2n) is 6.05. The van der Waals surface area contributed by atoms with Gasteiger partial charge in [0.1, 0.15) is 12.2 Å². The second kappa shape index (κ2) is 6.91. The number of carbonyl (C=O) groups excluding carboxylic acids is 2.